The van der Waals surface area contributed by atoms with Gasteiger partial charge in [0.2, 0.25) is 0 Å². The molecule has 2 aliphatic rings. The van der Waals surface area contributed by atoms with Crippen molar-refractivity contribution in [2.24, 2.45) is 11.8 Å². The molecule has 1 aliphatic carbocycles. The highest BCUT2D eigenvalue weighted by Gasteiger charge is 2.32. The number of fused-ring (bicyclic) bond motifs is 1. The molecule has 0 spiro atoms. The van der Waals surface area contributed by atoms with Crippen LogP contribution in [0.5, 0.6) is 0 Å². The van der Waals surface area contributed by atoms with Crippen LogP contribution in [0.15, 0.2) is 47.5 Å². The fraction of sp³-hybridized carbons (Fsp3) is 0.476. The number of amides is 2. The molecule has 0 unspecified atom stereocenters. The average molecular weight is 366 g/mol. The van der Waals surface area contributed by atoms with Gasteiger partial charge < -0.3 is 10.2 Å². The van der Waals surface area contributed by atoms with Crippen LogP contribution in [0.2, 0.25) is 0 Å². The maximum absolute atomic E-state index is 12.7. The summed E-state index contributed by atoms with van der Waals surface area (Å²) in [6, 6.07) is 9.38. The largest absolute Gasteiger partial charge is 0.347 e. The Hall–Kier alpha value is -2.63. The molecule has 2 heterocycles. The summed E-state index contributed by atoms with van der Waals surface area (Å²) < 4.78 is 1.55. The normalized spacial score (nSPS) is 22.1. The quantitative estimate of drug-likeness (QED) is 0.906. The first kappa shape index (κ1) is 17.8. The number of anilines is 1. The van der Waals surface area contributed by atoms with Crippen molar-refractivity contribution >= 4 is 11.7 Å². The Bertz CT molecular complexity index is 863. The monoisotopic (exact) mass is 366 g/mol. The Morgan fingerprint density at radius 2 is 2.00 bits per heavy atom. The number of piperidine rings is 1. The number of likely N-dealkylation sites (tertiary alicyclic amines) is 1. The predicted molar refractivity (Wildman–Crippen MR) is 105 cm³/mol. The summed E-state index contributed by atoms with van der Waals surface area (Å²) in [6.45, 7) is 2.16. The van der Waals surface area contributed by atoms with Crippen LogP contribution in [0.25, 0.3) is 0 Å². The molecule has 1 saturated carbocycles. The molecule has 1 aromatic carbocycles. The Morgan fingerprint density at radius 3 is 2.85 bits per heavy atom. The third-order valence-electron chi connectivity index (χ3n) is 5.89. The Labute approximate surface area is 159 Å². The van der Waals surface area contributed by atoms with Crippen LogP contribution in [0.4, 0.5) is 10.5 Å². The first-order valence-corrected chi connectivity index (χ1v) is 9.85. The van der Waals surface area contributed by atoms with Crippen molar-refractivity contribution in [1.82, 2.24) is 14.5 Å². The van der Waals surface area contributed by atoms with Gasteiger partial charge in [-0.15, -0.1) is 0 Å². The SMILES string of the molecule is O=C(Nc1cccc(Cn2cccnc2=O)c1)N1CC[C@@H]2CCCC[C@@H]2C1. The lowest BCUT2D eigenvalue weighted by molar-refractivity contribution is 0.108. The summed E-state index contributed by atoms with van der Waals surface area (Å²) in [5.74, 6) is 1.48. The highest BCUT2D eigenvalue weighted by Crippen LogP contribution is 2.36. The van der Waals surface area contributed by atoms with Gasteiger partial charge in [-0.2, -0.15) is 0 Å². The Morgan fingerprint density at radius 1 is 1.15 bits per heavy atom. The number of carbonyl (C=O) groups is 1. The van der Waals surface area contributed by atoms with Gasteiger partial charge in [0.1, 0.15) is 0 Å². The van der Waals surface area contributed by atoms with Gasteiger partial charge in [-0.3, -0.25) is 4.57 Å². The second-order valence-electron chi connectivity index (χ2n) is 7.70. The van der Waals surface area contributed by atoms with Crippen LogP contribution in [-0.2, 0) is 6.54 Å². The maximum Gasteiger partial charge on any atom is 0.347 e. The van der Waals surface area contributed by atoms with Crippen LogP contribution >= 0.6 is 0 Å². The second-order valence-corrected chi connectivity index (χ2v) is 7.70. The van der Waals surface area contributed by atoms with Crippen LogP contribution < -0.4 is 11.0 Å². The first-order valence-electron chi connectivity index (χ1n) is 9.85. The lowest BCUT2D eigenvalue weighted by atomic mass is 9.75. The third-order valence-corrected chi connectivity index (χ3v) is 5.89. The molecule has 0 bridgehead atoms. The van der Waals surface area contributed by atoms with Crippen molar-refractivity contribution in [1.29, 1.82) is 0 Å². The number of rotatable bonds is 3. The second kappa shape index (κ2) is 7.94. The number of nitrogens with one attached hydrogen (secondary N) is 1. The molecule has 2 fully saturated rings. The van der Waals surface area contributed by atoms with E-state index in [1.165, 1.54) is 31.9 Å². The van der Waals surface area contributed by atoms with Crippen molar-refractivity contribution in [2.45, 2.75) is 38.6 Å². The van der Waals surface area contributed by atoms with Crippen LogP contribution in [0, 0.1) is 11.8 Å². The van der Waals surface area contributed by atoms with Gasteiger partial charge in [-0.05, 0) is 48.4 Å². The van der Waals surface area contributed by atoms with E-state index in [1.807, 2.05) is 29.2 Å². The number of hydrogen-bond donors (Lipinski definition) is 1. The first-order chi connectivity index (χ1) is 13.2. The molecule has 6 heteroatoms. The van der Waals surface area contributed by atoms with Crippen molar-refractivity contribution in [2.75, 3.05) is 18.4 Å². The molecule has 0 radical (unpaired) electrons. The molecular weight excluding hydrogens is 340 g/mol. The highest BCUT2D eigenvalue weighted by atomic mass is 16.2. The molecule has 6 nitrogen and oxygen atoms in total. The van der Waals surface area contributed by atoms with E-state index in [0.717, 1.165) is 36.7 Å². The van der Waals surface area contributed by atoms with Gasteiger partial charge in [0.25, 0.3) is 0 Å². The van der Waals surface area contributed by atoms with Crippen LogP contribution in [0.3, 0.4) is 0 Å². The minimum absolute atomic E-state index is 0.0188. The number of nitrogens with zero attached hydrogens (tertiary/aromatic N) is 3. The van der Waals surface area contributed by atoms with Crippen molar-refractivity contribution in [3.8, 4) is 0 Å². The van der Waals surface area contributed by atoms with E-state index in [2.05, 4.69) is 10.3 Å². The number of carbonyl (C=O) groups excluding carboxylic acids is 1. The molecule has 2 atom stereocenters. The van der Waals surface area contributed by atoms with Gasteiger partial charge in [-0.25, -0.2) is 14.6 Å². The van der Waals surface area contributed by atoms with E-state index in [4.69, 9.17) is 0 Å². The summed E-state index contributed by atoms with van der Waals surface area (Å²) in [5.41, 5.74) is 1.44. The fourth-order valence-corrected chi connectivity index (χ4v) is 4.44. The zero-order valence-electron chi connectivity index (χ0n) is 15.5. The van der Waals surface area contributed by atoms with Gasteiger partial charge in [0.05, 0.1) is 6.54 Å². The summed E-state index contributed by atoms with van der Waals surface area (Å²) in [6.07, 6.45) is 9.56. The molecular formula is C21H26N4O2. The number of aromatic nitrogens is 2. The van der Waals surface area contributed by atoms with E-state index >= 15 is 0 Å². The lowest BCUT2D eigenvalue weighted by Gasteiger charge is -2.41. The molecule has 1 N–H and O–H groups in total. The predicted octanol–water partition coefficient (Wildman–Crippen LogP) is 3.34. The van der Waals surface area contributed by atoms with Gasteiger partial charge >= 0.3 is 11.7 Å². The van der Waals surface area contributed by atoms with Crippen LogP contribution in [-0.4, -0.2) is 33.6 Å². The average Bonchev–Trinajstić information content (AvgIpc) is 2.70. The van der Waals surface area contributed by atoms with Crippen molar-refractivity contribution in [3.05, 3.63) is 58.8 Å². The molecule has 1 aliphatic heterocycles. The Kier molecular flexibility index (Phi) is 5.23. The maximum atomic E-state index is 12.7. The van der Waals surface area contributed by atoms with Crippen molar-refractivity contribution < 1.29 is 4.79 Å². The highest BCUT2D eigenvalue weighted by molar-refractivity contribution is 5.89. The molecule has 27 heavy (non-hydrogen) atoms. The zero-order valence-corrected chi connectivity index (χ0v) is 15.5. The van der Waals surface area contributed by atoms with E-state index < -0.39 is 0 Å². The number of urea groups is 1. The fourth-order valence-electron chi connectivity index (χ4n) is 4.44. The zero-order chi connectivity index (χ0) is 18.6. The van der Waals surface area contributed by atoms with Crippen molar-refractivity contribution in [3.63, 3.8) is 0 Å². The summed E-state index contributed by atoms with van der Waals surface area (Å²) in [7, 11) is 0. The van der Waals surface area contributed by atoms with Gasteiger partial charge in [0.15, 0.2) is 0 Å². The minimum Gasteiger partial charge on any atom is -0.324 e. The molecule has 2 amide bonds. The summed E-state index contributed by atoms with van der Waals surface area (Å²) >= 11 is 0. The summed E-state index contributed by atoms with van der Waals surface area (Å²) in [5, 5.41) is 3.03. The summed E-state index contributed by atoms with van der Waals surface area (Å²) in [4.78, 5) is 30.2. The van der Waals surface area contributed by atoms with E-state index in [1.54, 1.807) is 16.8 Å². The smallest absolute Gasteiger partial charge is 0.324 e. The van der Waals surface area contributed by atoms with E-state index in [-0.39, 0.29) is 11.7 Å². The molecule has 2 aromatic rings. The van der Waals surface area contributed by atoms with E-state index in [0.29, 0.717) is 12.5 Å². The standard InChI is InChI=1S/C21H26N4O2/c26-20-22-10-4-11-24(20)14-16-5-3-8-19(13-16)23-21(27)25-12-9-17-6-1-2-7-18(17)15-25/h3-5,8,10-11,13,17-18H,1-2,6-7,9,12,14-15H2,(H,23,27)/t17-,18+/m0/s1. The van der Waals surface area contributed by atoms with Crippen LogP contribution in [0.1, 0.15) is 37.7 Å². The molecule has 142 valence electrons. The topological polar surface area (TPSA) is 67.2 Å². The van der Waals surface area contributed by atoms with Gasteiger partial charge in [0, 0.05) is 31.2 Å². The van der Waals surface area contributed by atoms with Gasteiger partial charge in [-0.1, -0.05) is 31.4 Å². The third kappa shape index (κ3) is 4.21. The van der Waals surface area contributed by atoms with E-state index in [9.17, 15) is 9.59 Å². The number of benzene rings is 1. The lowest BCUT2D eigenvalue weighted by Crippen LogP contribution is -2.46. The molecule has 1 aromatic heterocycles. The molecule has 1 saturated heterocycles. The number of hydrogen-bond acceptors (Lipinski definition) is 3. The Balaban J connectivity index is 1.40. The molecule has 4 rings (SSSR count). The minimum atomic E-state index is -0.276.